The third kappa shape index (κ3) is 2.94. The van der Waals surface area contributed by atoms with Crippen molar-refractivity contribution in [3.8, 4) is 5.75 Å². The van der Waals surface area contributed by atoms with Gasteiger partial charge >= 0.3 is 0 Å². The number of amides is 1. The number of hydrazone groups is 1. The van der Waals surface area contributed by atoms with E-state index in [0.29, 0.717) is 23.3 Å². The Hall–Kier alpha value is -3.08. The number of hydrogen-bond acceptors (Lipinski definition) is 3. The molecular formula is C18H17N3O2. The second-order valence-corrected chi connectivity index (χ2v) is 5.12. The van der Waals surface area contributed by atoms with E-state index in [1.54, 1.807) is 24.4 Å². The highest BCUT2D eigenvalue weighted by Gasteiger charge is 2.12. The van der Waals surface area contributed by atoms with Gasteiger partial charge in [-0.05, 0) is 24.6 Å². The summed E-state index contributed by atoms with van der Waals surface area (Å²) in [7, 11) is 0. The fourth-order valence-corrected chi connectivity index (χ4v) is 2.49. The predicted molar refractivity (Wildman–Crippen MR) is 90.7 cm³/mol. The zero-order valence-corrected chi connectivity index (χ0v) is 12.7. The smallest absolute Gasteiger partial charge is 0.273 e. The van der Waals surface area contributed by atoms with Crippen LogP contribution in [0.25, 0.3) is 10.9 Å². The molecule has 2 aromatic carbocycles. The standard InChI is InChI=1S/C18H17N3O2/c1-2-15(13-8-4-6-10-17(13)22)20-21-18(23)14-11-19-16-9-5-3-7-12(14)16/h3-11,19,22H,2H2,1H3,(H,21,23). The van der Waals surface area contributed by atoms with Crippen LogP contribution in [0.15, 0.2) is 59.8 Å². The van der Waals surface area contributed by atoms with Crippen LogP contribution >= 0.6 is 0 Å². The van der Waals surface area contributed by atoms with Crippen molar-refractivity contribution in [1.82, 2.24) is 10.4 Å². The first-order valence-electron chi connectivity index (χ1n) is 7.42. The van der Waals surface area contributed by atoms with Gasteiger partial charge in [0, 0.05) is 22.7 Å². The number of carbonyl (C=O) groups excluding carboxylic acids is 1. The molecule has 3 rings (SSSR count). The van der Waals surface area contributed by atoms with E-state index in [2.05, 4.69) is 15.5 Å². The molecule has 0 bridgehead atoms. The second kappa shape index (κ2) is 6.36. The van der Waals surface area contributed by atoms with Crippen LogP contribution in [0.1, 0.15) is 29.3 Å². The van der Waals surface area contributed by atoms with Crippen molar-refractivity contribution in [2.45, 2.75) is 13.3 Å². The molecule has 0 aliphatic heterocycles. The lowest BCUT2D eigenvalue weighted by Crippen LogP contribution is -2.19. The first kappa shape index (κ1) is 14.8. The number of aromatic nitrogens is 1. The molecule has 1 heterocycles. The molecular weight excluding hydrogens is 290 g/mol. The number of aromatic amines is 1. The Morgan fingerprint density at radius 2 is 1.87 bits per heavy atom. The fraction of sp³-hybridized carbons (Fsp3) is 0.111. The van der Waals surface area contributed by atoms with E-state index in [1.807, 2.05) is 37.3 Å². The van der Waals surface area contributed by atoms with E-state index < -0.39 is 0 Å². The minimum absolute atomic E-state index is 0.148. The minimum atomic E-state index is -0.288. The average Bonchev–Trinajstić information content (AvgIpc) is 3.01. The van der Waals surface area contributed by atoms with Gasteiger partial charge in [-0.25, -0.2) is 5.43 Å². The molecule has 3 aromatic rings. The molecule has 0 atom stereocenters. The van der Waals surface area contributed by atoms with Crippen LogP contribution in [-0.2, 0) is 0 Å². The summed E-state index contributed by atoms with van der Waals surface area (Å²) in [6.45, 7) is 1.92. The van der Waals surface area contributed by atoms with Crippen LogP contribution in [0.5, 0.6) is 5.75 Å². The summed E-state index contributed by atoms with van der Waals surface area (Å²) in [5.74, 6) is -0.140. The lowest BCUT2D eigenvalue weighted by atomic mass is 10.1. The van der Waals surface area contributed by atoms with Gasteiger partial charge in [-0.2, -0.15) is 5.10 Å². The highest BCUT2D eigenvalue weighted by Crippen LogP contribution is 2.19. The molecule has 0 unspecified atom stereocenters. The highest BCUT2D eigenvalue weighted by molar-refractivity contribution is 6.08. The molecule has 0 aliphatic carbocycles. The van der Waals surface area contributed by atoms with Crippen molar-refractivity contribution in [3.63, 3.8) is 0 Å². The number of phenols is 1. The summed E-state index contributed by atoms with van der Waals surface area (Å²) in [5.41, 5.74) is 5.25. The molecule has 116 valence electrons. The number of benzene rings is 2. The van der Waals surface area contributed by atoms with Crippen molar-refractivity contribution in [2.24, 2.45) is 5.10 Å². The SMILES string of the molecule is CCC(=NNC(=O)c1c[nH]c2ccccc12)c1ccccc1O. The van der Waals surface area contributed by atoms with Crippen LogP contribution in [0.2, 0.25) is 0 Å². The summed E-state index contributed by atoms with van der Waals surface area (Å²) >= 11 is 0. The van der Waals surface area contributed by atoms with Crippen LogP contribution in [0.4, 0.5) is 0 Å². The molecule has 0 fully saturated rings. The Morgan fingerprint density at radius 1 is 1.13 bits per heavy atom. The Bertz CT molecular complexity index is 881. The molecule has 1 aromatic heterocycles. The van der Waals surface area contributed by atoms with Gasteiger partial charge in [0.15, 0.2) is 0 Å². The molecule has 0 spiro atoms. The summed E-state index contributed by atoms with van der Waals surface area (Å²) in [6, 6.07) is 14.5. The van der Waals surface area contributed by atoms with Crippen LogP contribution in [0.3, 0.4) is 0 Å². The number of rotatable bonds is 4. The largest absolute Gasteiger partial charge is 0.507 e. The second-order valence-electron chi connectivity index (χ2n) is 5.12. The van der Waals surface area contributed by atoms with Crippen molar-refractivity contribution < 1.29 is 9.90 Å². The lowest BCUT2D eigenvalue weighted by molar-refractivity contribution is 0.0956. The van der Waals surface area contributed by atoms with Gasteiger partial charge in [0.1, 0.15) is 5.75 Å². The fourth-order valence-electron chi connectivity index (χ4n) is 2.49. The zero-order valence-electron chi connectivity index (χ0n) is 12.7. The Labute approximate surface area is 133 Å². The summed E-state index contributed by atoms with van der Waals surface area (Å²) in [5, 5.41) is 14.9. The summed E-state index contributed by atoms with van der Waals surface area (Å²) < 4.78 is 0. The number of hydrogen-bond donors (Lipinski definition) is 3. The minimum Gasteiger partial charge on any atom is -0.507 e. The van der Waals surface area contributed by atoms with Gasteiger partial charge in [0.05, 0.1) is 11.3 Å². The van der Waals surface area contributed by atoms with E-state index in [4.69, 9.17) is 0 Å². The molecule has 1 amide bonds. The van der Waals surface area contributed by atoms with Crippen molar-refractivity contribution in [3.05, 3.63) is 65.9 Å². The normalized spacial score (nSPS) is 11.6. The van der Waals surface area contributed by atoms with Crippen molar-refractivity contribution >= 4 is 22.5 Å². The number of carbonyl (C=O) groups is 1. The number of nitrogens with zero attached hydrogens (tertiary/aromatic N) is 1. The molecule has 0 aliphatic rings. The van der Waals surface area contributed by atoms with E-state index in [0.717, 1.165) is 10.9 Å². The highest BCUT2D eigenvalue weighted by atomic mass is 16.3. The van der Waals surface area contributed by atoms with Crippen LogP contribution < -0.4 is 5.43 Å². The molecule has 5 nitrogen and oxygen atoms in total. The van der Waals surface area contributed by atoms with E-state index >= 15 is 0 Å². The molecule has 5 heteroatoms. The molecule has 3 N–H and O–H groups in total. The number of para-hydroxylation sites is 2. The Balaban J connectivity index is 1.86. The first-order chi connectivity index (χ1) is 11.2. The topological polar surface area (TPSA) is 77.5 Å². The summed E-state index contributed by atoms with van der Waals surface area (Å²) in [6.07, 6.45) is 2.26. The number of phenolic OH excluding ortho intramolecular Hbond substituents is 1. The molecule has 0 saturated carbocycles. The van der Waals surface area contributed by atoms with Gasteiger partial charge in [0.25, 0.3) is 5.91 Å². The van der Waals surface area contributed by atoms with E-state index in [-0.39, 0.29) is 11.7 Å². The van der Waals surface area contributed by atoms with E-state index in [1.165, 1.54) is 0 Å². The number of nitrogens with one attached hydrogen (secondary N) is 2. The van der Waals surface area contributed by atoms with Crippen molar-refractivity contribution in [1.29, 1.82) is 0 Å². The predicted octanol–water partition coefficient (Wildman–Crippen LogP) is 3.42. The van der Waals surface area contributed by atoms with Gasteiger partial charge in [0.2, 0.25) is 0 Å². The maximum atomic E-state index is 12.4. The molecule has 0 radical (unpaired) electrons. The third-order valence-electron chi connectivity index (χ3n) is 3.68. The third-order valence-corrected chi connectivity index (χ3v) is 3.68. The molecule has 0 saturated heterocycles. The summed E-state index contributed by atoms with van der Waals surface area (Å²) in [4.78, 5) is 15.4. The Kier molecular flexibility index (Phi) is 4.10. The number of aromatic hydroxyl groups is 1. The lowest BCUT2D eigenvalue weighted by Gasteiger charge is -2.07. The first-order valence-corrected chi connectivity index (χ1v) is 7.42. The van der Waals surface area contributed by atoms with E-state index in [9.17, 15) is 9.90 Å². The van der Waals surface area contributed by atoms with Gasteiger partial charge in [-0.3, -0.25) is 4.79 Å². The van der Waals surface area contributed by atoms with Crippen molar-refractivity contribution in [2.75, 3.05) is 0 Å². The van der Waals surface area contributed by atoms with Crippen LogP contribution in [0, 0.1) is 0 Å². The monoisotopic (exact) mass is 307 g/mol. The number of fused-ring (bicyclic) bond motifs is 1. The maximum absolute atomic E-state index is 12.4. The zero-order chi connectivity index (χ0) is 16.2. The number of H-pyrrole nitrogens is 1. The molecule has 23 heavy (non-hydrogen) atoms. The van der Waals surface area contributed by atoms with Gasteiger partial charge < -0.3 is 10.1 Å². The quantitative estimate of drug-likeness (QED) is 0.510. The maximum Gasteiger partial charge on any atom is 0.273 e. The van der Waals surface area contributed by atoms with Crippen LogP contribution in [-0.4, -0.2) is 21.7 Å². The average molecular weight is 307 g/mol. The van der Waals surface area contributed by atoms with Gasteiger partial charge in [-0.15, -0.1) is 0 Å². The van der Waals surface area contributed by atoms with Gasteiger partial charge in [-0.1, -0.05) is 37.3 Å². The Morgan fingerprint density at radius 3 is 2.65 bits per heavy atom.